The number of piperidine rings is 1. The van der Waals surface area contributed by atoms with Gasteiger partial charge in [0.15, 0.2) is 5.82 Å². The van der Waals surface area contributed by atoms with Gasteiger partial charge in [0.05, 0.1) is 17.2 Å². The van der Waals surface area contributed by atoms with Crippen LogP contribution in [0.25, 0.3) is 0 Å². The van der Waals surface area contributed by atoms with Crippen molar-refractivity contribution >= 4 is 17.7 Å². The van der Waals surface area contributed by atoms with Gasteiger partial charge in [-0.2, -0.15) is 29.9 Å². The smallest absolute Gasteiger partial charge is 0.339 e. The number of nitrogens with zero attached hydrogens (tertiary/aromatic N) is 3. The van der Waals surface area contributed by atoms with E-state index in [1.165, 1.54) is 6.07 Å². The molecule has 1 aliphatic rings. The second-order valence-electron chi connectivity index (χ2n) is 6.19. The minimum absolute atomic E-state index is 0.0810. The van der Waals surface area contributed by atoms with Crippen LogP contribution in [-0.2, 0) is 23.3 Å². The minimum atomic E-state index is -4.40. The third-order valence-electron chi connectivity index (χ3n) is 4.23. The quantitative estimate of drug-likeness (QED) is 0.782. The van der Waals surface area contributed by atoms with Crippen molar-refractivity contribution in [2.75, 3.05) is 12.8 Å². The van der Waals surface area contributed by atoms with Crippen molar-refractivity contribution in [3.05, 3.63) is 47.1 Å². The van der Waals surface area contributed by atoms with Crippen molar-refractivity contribution in [2.24, 2.45) is 0 Å². The summed E-state index contributed by atoms with van der Waals surface area (Å²) in [5.74, 6) is 1.55. The largest absolute Gasteiger partial charge is 0.416 e. The molecule has 0 bridgehead atoms. The monoisotopic (exact) mass is 385 g/mol. The van der Waals surface area contributed by atoms with Gasteiger partial charge in [0, 0.05) is 19.5 Å². The first-order valence-electron chi connectivity index (χ1n) is 8.12. The van der Waals surface area contributed by atoms with Gasteiger partial charge >= 0.3 is 6.18 Å². The molecule has 1 unspecified atom stereocenters. The summed E-state index contributed by atoms with van der Waals surface area (Å²) in [6.07, 6.45) is -1.56. The van der Waals surface area contributed by atoms with Gasteiger partial charge in [0.1, 0.15) is 0 Å². The number of amides is 1. The maximum absolute atomic E-state index is 12.9. The Hall–Kier alpha value is -2.03. The van der Waals surface area contributed by atoms with E-state index in [0.29, 0.717) is 42.4 Å². The first-order valence-corrected chi connectivity index (χ1v) is 9.51. The zero-order valence-electron chi connectivity index (χ0n) is 14.1. The van der Waals surface area contributed by atoms with Crippen LogP contribution in [0.1, 0.15) is 41.6 Å². The maximum Gasteiger partial charge on any atom is 0.416 e. The molecule has 1 fully saturated rings. The summed E-state index contributed by atoms with van der Waals surface area (Å²) in [5.41, 5.74) is -0.267. The van der Waals surface area contributed by atoms with Gasteiger partial charge in [-0.25, -0.2) is 0 Å². The lowest BCUT2D eigenvalue weighted by Crippen LogP contribution is -2.38. The molecule has 1 amide bonds. The Labute approximate surface area is 152 Å². The number of carbonyl (C=O) groups excluding carboxylic acids is 1. The van der Waals surface area contributed by atoms with Crippen LogP contribution in [-0.4, -0.2) is 33.7 Å². The van der Waals surface area contributed by atoms with E-state index < -0.39 is 11.7 Å². The lowest BCUT2D eigenvalue weighted by molar-refractivity contribution is -0.137. The highest BCUT2D eigenvalue weighted by atomic mass is 32.2. The number of hydrogen-bond donors (Lipinski definition) is 0. The van der Waals surface area contributed by atoms with Gasteiger partial charge in [0.25, 0.3) is 0 Å². The summed E-state index contributed by atoms with van der Waals surface area (Å²) in [7, 11) is 0. The van der Waals surface area contributed by atoms with Crippen LogP contribution in [0.3, 0.4) is 0 Å². The Kier molecular flexibility index (Phi) is 5.55. The number of aromatic nitrogens is 2. The lowest BCUT2D eigenvalue weighted by Gasteiger charge is -2.31. The van der Waals surface area contributed by atoms with Crippen LogP contribution in [0.2, 0.25) is 0 Å². The van der Waals surface area contributed by atoms with Gasteiger partial charge in [-0.1, -0.05) is 17.3 Å². The van der Waals surface area contributed by atoms with Gasteiger partial charge in [0.2, 0.25) is 11.8 Å². The normalized spacial score (nSPS) is 18.4. The molecule has 1 saturated heterocycles. The van der Waals surface area contributed by atoms with Crippen molar-refractivity contribution in [2.45, 2.75) is 37.2 Å². The van der Waals surface area contributed by atoms with E-state index in [0.717, 1.165) is 12.1 Å². The van der Waals surface area contributed by atoms with E-state index in [1.807, 2.05) is 6.26 Å². The highest BCUT2D eigenvalue weighted by Crippen LogP contribution is 2.31. The molecule has 1 atom stereocenters. The summed E-state index contributed by atoms with van der Waals surface area (Å²) < 4.78 is 43.9. The second-order valence-corrected chi connectivity index (χ2v) is 7.06. The Morgan fingerprint density at radius 1 is 1.38 bits per heavy atom. The fraction of sp³-hybridized carbons (Fsp3) is 0.471. The Morgan fingerprint density at radius 2 is 2.19 bits per heavy atom. The molecule has 1 aromatic heterocycles. The van der Waals surface area contributed by atoms with Crippen molar-refractivity contribution in [3.8, 4) is 0 Å². The number of carbonyl (C=O) groups is 1. The second kappa shape index (κ2) is 7.69. The first kappa shape index (κ1) is 18.8. The maximum atomic E-state index is 12.9. The molecule has 0 N–H and O–H groups in total. The fourth-order valence-corrected chi connectivity index (χ4v) is 3.33. The number of likely N-dealkylation sites (tertiary alicyclic amines) is 1. The van der Waals surface area contributed by atoms with E-state index in [1.54, 1.807) is 22.7 Å². The van der Waals surface area contributed by atoms with Crippen LogP contribution in [0.5, 0.6) is 0 Å². The molecule has 0 spiro atoms. The van der Waals surface area contributed by atoms with E-state index >= 15 is 0 Å². The highest BCUT2D eigenvalue weighted by Gasteiger charge is 2.32. The number of benzene rings is 1. The molecule has 0 radical (unpaired) electrons. The highest BCUT2D eigenvalue weighted by molar-refractivity contribution is 7.97. The van der Waals surface area contributed by atoms with Crippen molar-refractivity contribution in [3.63, 3.8) is 0 Å². The molecule has 1 aliphatic heterocycles. The zero-order valence-corrected chi connectivity index (χ0v) is 14.9. The van der Waals surface area contributed by atoms with Crippen LogP contribution in [0.15, 0.2) is 28.8 Å². The van der Waals surface area contributed by atoms with Crippen LogP contribution in [0, 0.1) is 0 Å². The standard InChI is InChI=1S/C17H18F3N3O2S/c1-26-10-14-21-16(25-22-14)12-5-6-15(24)23(9-12)8-11-3-2-4-13(7-11)17(18,19)20/h2-4,7,12H,5-6,8-10H2,1H3. The van der Waals surface area contributed by atoms with Gasteiger partial charge < -0.3 is 9.42 Å². The molecule has 2 heterocycles. The van der Waals surface area contributed by atoms with Crippen LogP contribution >= 0.6 is 11.8 Å². The lowest BCUT2D eigenvalue weighted by atomic mass is 9.96. The molecular formula is C17H18F3N3O2S. The number of thioether (sulfide) groups is 1. The average molecular weight is 385 g/mol. The predicted molar refractivity (Wildman–Crippen MR) is 90.4 cm³/mol. The first-order chi connectivity index (χ1) is 12.4. The zero-order chi connectivity index (χ0) is 18.7. The molecule has 2 aromatic rings. The summed E-state index contributed by atoms with van der Waals surface area (Å²) in [6.45, 7) is 0.487. The van der Waals surface area contributed by atoms with Gasteiger partial charge in [-0.3, -0.25) is 4.79 Å². The fourth-order valence-electron chi connectivity index (χ4n) is 2.96. The minimum Gasteiger partial charge on any atom is -0.339 e. The average Bonchev–Trinajstić information content (AvgIpc) is 3.05. The van der Waals surface area contributed by atoms with E-state index in [-0.39, 0.29) is 18.4 Å². The molecule has 5 nitrogen and oxygen atoms in total. The molecule has 3 rings (SSSR count). The SMILES string of the molecule is CSCc1noc(C2CCC(=O)N(Cc3cccc(C(F)(F)F)c3)C2)n1. The number of halogens is 3. The molecule has 0 aliphatic carbocycles. The molecular weight excluding hydrogens is 367 g/mol. The summed E-state index contributed by atoms with van der Waals surface area (Å²) >= 11 is 1.58. The van der Waals surface area contributed by atoms with Crippen molar-refractivity contribution < 1.29 is 22.5 Å². The van der Waals surface area contributed by atoms with E-state index in [2.05, 4.69) is 10.1 Å². The van der Waals surface area contributed by atoms with Gasteiger partial charge in [-0.15, -0.1) is 0 Å². The van der Waals surface area contributed by atoms with Crippen molar-refractivity contribution in [1.29, 1.82) is 0 Å². The number of alkyl halides is 3. The molecule has 140 valence electrons. The predicted octanol–water partition coefficient (Wildman–Crippen LogP) is 3.86. The number of hydrogen-bond acceptors (Lipinski definition) is 5. The number of rotatable bonds is 5. The summed E-state index contributed by atoms with van der Waals surface area (Å²) in [6, 6.07) is 5.06. The summed E-state index contributed by atoms with van der Waals surface area (Å²) in [4.78, 5) is 18.1. The van der Waals surface area contributed by atoms with Crippen LogP contribution < -0.4 is 0 Å². The Balaban J connectivity index is 1.71. The third kappa shape index (κ3) is 4.38. The topological polar surface area (TPSA) is 59.2 Å². The van der Waals surface area contributed by atoms with Crippen molar-refractivity contribution in [1.82, 2.24) is 15.0 Å². The third-order valence-corrected chi connectivity index (χ3v) is 4.78. The van der Waals surface area contributed by atoms with Gasteiger partial charge in [-0.05, 0) is 30.4 Å². The molecule has 9 heteroatoms. The Bertz CT molecular complexity index is 779. The van der Waals surface area contributed by atoms with E-state index in [4.69, 9.17) is 4.52 Å². The Morgan fingerprint density at radius 3 is 2.92 bits per heavy atom. The van der Waals surface area contributed by atoms with Crippen LogP contribution in [0.4, 0.5) is 13.2 Å². The molecule has 1 aromatic carbocycles. The summed E-state index contributed by atoms with van der Waals surface area (Å²) in [5, 5.41) is 3.91. The molecule has 0 saturated carbocycles. The van der Waals surface area contributed by atoms with E-state index in [9.17, 15) is 18.0 Å². The molecule has 26 heavy (non-hydrogen) atoms.